The molecule has 3 N–H and O–H groups in total. The molecule has 2 saturated heterocycles. The molecule has 2 heterocycles. The summed E-state index contributed by atoms with van der Waals surface area (Å²) in [6.07, 6.45) is 1.13. The van der Waals surface area contributed by atoms with E-state index in [1.165, 1.54) is 5.56 Å². The van der Waals surface area contributed by atoms with Gasteiger partial charge in [-0.3, -0.25) is 9.69 Å². The molecule has 6 heteroatoms. The smallest absolute Gasteiger partial charge is 0.244 e. The number of hydrogen-bond donors (Lipinski definition) is 2. The SMILES string of the molecule is NC1(C(=O)Nc2ccc(CN3CCOCC3)cc2)CCOCC1. The van der Waals surface area contributed by atoms with E-state index in [1.54, 1.807) is 0 Å². The van der Waals surface area contributed by atoms with Gasteiger partial charge in [-0.2, -0.15) is 0 Å². The maximum Gasteiger partial charge on any atom is 0.244 e. The fraction of sp³-hybridized carbons (Fsp3) is 0.588. The number of rotatable bonds is 4. The highest BCUT2D eigenvalue weighted by atomic mass is 16.5. The zero-order valence-electron chi connectivity index (χ0n) is 13.4. The van der Waals surface area contributed by atoms with Crippen molar-refractivity contribution < 1.29 is 14.3 Å². The first-order valence-corrected chi connectivity index (χ1v) is 8.23. The Hall–Kier alpha value is -1.47. The van der Waals surface area contributed by atoms with Gasteiger partial charge in [0.25, 0.3) is 0 Å². The molecule has 0 radical (unpaired) electrons. The second-order valence-electron chi connectivity index (χ2n) is 6.31. The highest BCUT2D eigenvalue weighted by Gasteiger charge is 2.35. The molecule has 2 aliphatic rings. The van der Waals surface area contributed by atoms with E-state index in [9.17, 15) is 4.79 Å². The molecule has 1 amide bonds. The Morgan fingerprint density at radius 2 is 1.70 bits per heavy atom. The number of carbonyl (C=O) groups excluding carboxylic acids is 1. The molecule has 2 aliphatic heterocycles. The lowest BCUT2D eigenvalue weighted by molar-refractivity contribution is -0.124. The largest absolute Gasteiger partial charge is 0.381 e. The molecule has 3 rings (SSSR count). The lowest BCUT2D eigenvalue weighted by Crippen LogP contribution is -2.54. The summed E-state index contributed by atoms with van der Waals surface area (Å²) in [5.41, 5.74) is 7.40. The Bertz CT molecular complexity index is 520. The molecule has 0 bridgehead atoms. The summed E-state index contributed by atoms with van der Waals surface area (Å²) < 4.78 is 10.6. The summed E-state index contributed by atoms with van der Waals surface area (Å²) in [7, 11) is 0. The van der Waals surface area contributed by atoms with Gasteiger partial charge in [0.15, 0.2) is 0 Å². The average molecular weight is 319 g/mol. The standard InChI is InChI=1S/C17H25N3O3/c18-17(5-9-22-10-6-17)16(21)19-15-3-1-14(2-4-15)13-20-7-11-23-12-8-20/h1-4H,5-13,18H2,(H,19,21). The number of morpholine rings is 1. The number of carbonyl (C=O) groups is 1. The van der Waals surface area contributed by atoms with Crippen molar-refractivity contribution in [1.82, 2.24) is 4.90 Å². The maximum absolute atomic E-state index is 12.4. The van der Waals surface area contributed by atoms with E-state index in [1.807, 2.05) is 12.1 Å². The van der Waals surface area contributed by atoms with Gasteiger partial charge in [0.1, 0.15) is 5.54 Å². The Labute approximate surface area is 136 Å². The van der Waals surface area contributed by atoms with Gasteiger partial charge >= 0.3 is 0 Å². The number of benzene rings is 1. The van der Waals surface area contributed by atoms with Crippen LogP contribution in [0.25, 0.3) is 0 Å². The van der Waals surface area contributed by atoms with Crippen LogP contribution in [0.3, 0.4) is 0 Å². The Morgan fingerprint density at radius 3 is 2.35 bits per heavy atom. The van der Waals surface area contributed by atoms with Crippen LogP contribution in [-0.2, 0) is 20.8 Å². The first kappa shape index (κ1) is 16.4. The van der Waals surface area contributed by atoms with E-state index in [-0.39, 0.29) is 5.91 Å². The topological polar surface area (TPSA) is 76.8 Å². The molecule has 0 aliphatic carbocycles. The van der Waals surface area contributed by atoms with Crippen LogP contribution in [-0.4, -0.2) is 55.9 Å². The predicted octanol–water partition coefficient (Wildman–Crippen LogP) is 0.965. The van der Waals surface area contributed by atoms with Gasteiger partial charge < -0.3 is 20.5 Å². The van der Waals surface area contributed by atoms with E-state index < -0.39 is 5.54 Å². The quantitative estimate of drug-likeness (QED) is 0.864. The van der Waals surface area contributed by atoms with Crippen molar-refractivity contribution in [1.29, 1.82) is 0 Å². The van der Waals surface area contributed by atoms with Crippen molar-refractivity contribution in [2.75, 3.05) is 44.8 Å². The van der Waals surface area contributed by atoms with Gasteiger partial charge in [0.2, 0.25) is 5.91 Å². The summed E-state index contributed by atoms with van der Waals surface area (Å²) in [6.45, 7) is 5.54. The van der Waals surface area contributed by atoms with E-state index in [4.69, 9.17) is 15.2 Å². The number of anilines is 1. The molecule has 0 unspecified atom stereocenters. The first-order valence-electron chi connectivity index (χ1n) is 8.23. The van der Waals surface area contributed by atoms with Crippen molar-refractivity contribution in [2.24, 2.45) is 5.73 Å². The van der Waals surface area contributed by atoms with E-state index in [0.29, 0.717) is 26.1 Å². The van der Waals surface area contributed by atoms with Crippen molar-refractivity contribution in [3.8, 4) is 0 Å². The van der Waals surface area contributed by atoms with Crippen LogP contribution in [0.5, 0.6) is 0 Å². The minimum Gasteiger partial charge on any atom is -0.381 e. The second kappa shape index (κ2) is 7.40. The summed E-state index contributed by atoms with van der Waals surface area (Å²) in [5, 5.41) is 2.93. The van der Waals surface area contributed by atoms with E-state index >= 15 is 0 Å². The normalized spacial score (nSPS) is 21.8. The van der Waals surface area contributed by atoms with Crippen LogP contribution in [0.1, 0.15) is 18.4 Å². The van der Waals surface area contributed by atoms with Gasteiger partial charge in [0, 0.05) is 38.5 Å². The summed E-state index contributed by atoms with van der Waals surface area (Å²) in [6, 6.07) is 7.99. The molecule has 2 fully saturated rings. The van der Waals surface area contributed by atoms with Crippen LogP contribution >= 0.6 is 0 Å². The third kappa shape index (κ3) is 4.29. The summed E-state index contributed by atoms with van der Waals surface area (Å²) in [4.78, 5) is 14.7. The molecular formula is C17H25N3O3. The van der Waals surface area contributed by atoms with Crippen molar-refractivity contribution in [3.05, 3.63) is 29.8 Å². The van der Waals surface area contributed by atoms with E-state index in [0.717, 1.165) is 38.5 Å². The third-order valence-corrected chi connectivity index (χ3v) is 4.56. The summed E-state index contributed by atoms with van der Waals surface area (Å²) >= 11 is 0. The Balaban J connectivity index is 1.55. The monoisotopic (exact) mass is 319 g/mol. The Kier molecular flexibility index (Phi) is 5.27. The number of amides is 1. The van der Waals surface area contributed by atoms with Gasteiger partial charge in [-0.25, -0.2) is 0 Å². The minimum absolute atomic E-state index is 0.123. The van der Waals surface area contributed by atoms with Gasteiger partial charge in [-0.05, 0) is 30.5 Å². The lowest BCUT2D eigenvalue weighted by Gasteiger charge is -2.31. The van der Waals surface area contributed by atoms with Crippen molar-refractivity contribution in [3.63, 3.8) is 0 Å². The van der Waals surface area contributed by atoms with Gasteiger partial charge in [0.05, 0.1) is 13.2 Å². The molecular weight excluding hydrogens is 294 g/mol. The lowest BCUT2D eigenvalue weighted by atomic mass is 9.90. The molecule has 0 aromatic heterocycles. The molecule has 0 saturated carbocycles. The molecule has 126 valence electrons. The Morgan fingerprint density at radius 1 is 1.09 bits per heavy atom. The number of nitrogens with two attached hydrogens (primary N) is 1. The number of ether oxygens (including phenoxy) is 2. The highest BCUT2D eigenvalue weighted by Crippen LogP contribution is 2.20. The predicted molar refractivity (Wildman–Crippen MR) is 88.1 cm³/mol. The van der Waals surface area contributed by atoms with Crippen LogP contribution in [0.4, 0.5) is 5.69 Å². The van der Waals surface area contributed by atoms with Crippen LogP contribution in [0.15, 0.2) is 24.3 Å². The molecule has 0 atom stereocenters. The number of nitrogens with one attached hydrogen (secondary N) is 1. The third-order valence-electron chi connectivity index (χ3n) is 4.56. The summed E-state index contributed by atoms with van der Waals surface area (Å²) in [5.74, 6) is -0.123. The van der Waals surface area contributed by atoms with Gasteiger partial charge in [-0.15, -0.1) is 0 Å². The molecule has 1 aromatic rings. The fourth-order valence-corrected chi connectivity index (χ4v) is 2.93. The average Bonchev–Trinajstić information content (AvgIpc) is 2.58. The maximum atomic E-state index is 12.4. The molecule has 6 nitrogen and oxygen atoms in total. The number of nitrogens with zero attached hydrogens (tertiary/aromatic N) is 1. The zero-order chi connectivity index (χ0) is 16.1. The van der Waals surface area contributed by atoms with Gasteiger partial charge in [-0.1, -0.05) is 12.1 Å². The highest BCUT2D eigenvalue weighted by molar-refractivity contribution is 5.98. The molecule has 1 aromatic carbocycles. The minimum atomic E-state index is -0.815. The second-order valence-corrected chi connectivity index (χ2v) is 6.31. The van der Waals surface area contributed by atoms with Crippen LogP contribution in [0.2, 0.25) is 0 Å². The number of hydrogen-bond acceptors (Lipinski definition) is 5. The first-order chi connectivity index (χ1) is 11.2. The van der Waals surface area contributed by atoms with Crippen LogP contribution < -0.4 is 11.1 Å². The zero-order valence-corrected chi connectivity index (χ0v) is 13.4. The molecule has 23 heavy (non-hydrogen) atoms. The molecule has 0 spiro atoms. The van der Waals surface area contributed by atoms with Crippen molar-refractivity contribution in [2.45, 2.75) is 24.9 Å². The fourth-order valence-electron chi connectivity index (χ4n) is 2.93. The van der Waals surface area contributed by atoms with E-state index in [2.05, 4.69) is 22.3 Å². The van der Waals surface area contributed by atoms with Crippen molar-refractivity contribution >= 4 is 11.6 Å². The van der Waals surface area contributed by atoms with Crippen LogP contribution in [0, 0.1) is 0 Å².